The highest BCUT2D eigenvalue weighted by Crippen LogP contribution is 2.35. The summed E-state index contributed by atoms with van der Waals surface area (Å²) in [5.74, 6) is 0.175. The van der Waals surface area contributed by atoms with Crippen LogP contribution in [0.15, 0.2) is 54.6 Å². The number of aromatic hydroxyl groups is 4. The van der Waals surface area contributed by atoms with Gasteiger partial charge in [0.15, 0.2) is 17.5 Å². The molecule has 0 aliphatic rings. The molecule has 4 N–H and O–H groups in total. The van der Waals surface area contributed by atoms with Gasteiger partial charge in [-0.2, -0.15) is 0 Å². The van der Waals surface area contributed by atoms with Crippen molar-refractivity contribution < 1.29 is 20.4 Å². The van der Waals surface area contributed by atoms with E-state index in [2.05, 4.69) is 15.0 Å². The van der Waals surface area contributed by atoms with Crippen molar-refractivity contribution in [3.05, 3.63) is 65.7 Å². The van der Waals surface area contributed by atoms with Crippen LogP contribution in [0.4, 0.5) is 0 Å². The SMILES string of the molecule is Cc1cc(C)cc(-c2nc(-c3ccc(O)cc3O)nc(-c3ccc(O)cc3O)n2)c1. The number of phenols is 4. The first kappa shape index (κ1) is 19.2. The third kappa shape index (κ3) is 3.73. The maximum atomic E-state index is 10.3. The number of rotatable bonds is 3. The number of hydrogen-bond donors (Lipinski definition) is 4. The summed E-state index contributed by atoms with van der Waals surface area (Å²) in [6, 6.07) is 14.2. The fourth-order valence-electron chi connectivity index (χ4n) is 3.27. The van der Waals surface area contributed by atoms with Crippen molar-refractivity contribution >= 4 is 0 Å². The topological polar surface area (TPSA) is 120 Å². The van der Waals surface area contributed by atoms with E-state index in [4.69, 9.17) is 0 Å². The van der Waals surface area contributed by atoms with Gasteiger partial charge in [0.05, 0.1) is 11.1 Å². The first-order valence-corrected chi connectivity index (χ1v) is 9.19. The summed E-state index contributed by atoms with van der Waals surface area (Å²) in [6.07, 6.45) is 0. The quantitative estimate of drug-likeness (QED) is 0.404. The largest absolute Gasteiger partial charge is 0.508 e. The van der Waals surface area contributed by atoms with Gasteiger partial charge < -0.3 is 20.4 Å². The molecule has 4 rings (SSSR count). The maximum Gasteiger partial charge on any atom is 0.167 e. The van der Waals surface area contributed by atoms with E-state index in [-0.39, 0.29) is 34.6 Å². The van der Waals surface area contributed by atoms with Gasteiger partial charge in [-0.15, -0.1) is 0 Å². The van der Waals surface area contributed by atoms with Gasteiger partial charge in [0.2, 0.25) is 0 Å². The lowest BCUT2D eigenvalue weighted by atomic mass is 10.1. The third-order valence-corrected chi connectivity index (χ3v) is 4.56. The molecule has 3 aromatic carbocycles. The van der Waals surface area contributed by atoms with Crippen LogP contribution in [0.5, 0.6) is 23.0 Å². The van der Waals surface area contributed by atoms with E-state index in [1.807, 2.05) is 32.0 Å². The second kappa shape index (κ2) is 7.36. The Morgan fingerprint density at radius 2 is 0.967 bits per heavy atom. The molecule has 150 valence electrons. The van der Waals surface area contributed by atoms with E-state index < -0.39 is 0 Å². The number of phenolic OH excluding ortho intramolecular Hbond substituents is 4. The summed E-state index contributed by atoms with van der Waals surface area (Å²) in [4.78, 5) is 13.5. The first-order chi connectivity index (χ1) is 14.3. The number of aromatic nitrogens is 3. The molecule has 0 unspecified atom stereocenters. The van der Waals surface area contributed by atoms with E-state index in [1.165, 1.54) is 36.4 Å². The zero-order chi connectivity index (χ0) is 21.4. The minimum Gasteiger partial charge on any atom is -0.508 e. The van der Waals surface area contributed by atoms with Crippen molar-refractivity contribution in [2.75, 3.05) is 0 Å². The molecule has 0 radical (unpaired) electrons. The smallest absolute Gasteiger partial charge is 0.167 e. The van der Waals surface area contributed by atoms with Crippen LogP contribution < -0.4 is 0 Å². The van der Waals surface area contributed by atoms with Gasteiger partial charge in [0.1, 0.15) is 23.0 Å². The van der Waals surface area contributed by atoms with Gasteiger partial charge in [0.25, 0.3) is 0 Å². The van der Waals surface area contributed by atoms with Crippen LogP contribution in [0.25, 0.3) is 34.2 Å². The lowest BCUT2D eigenvalue weighted by Gasteiger charge is -2.11. The van der Waals surface area contributed by atoms with Crippen molar-refractivity contribution in [2.24, 2.45) is 0 Å². The van der Waals surface area contributed by atoms with Crippen molar-refractivity contribution in [1.82, 2.24) is 15.0 Å². The summed E-state index contributed by atoms with van der Waals surface area (Å²) in [6.45, 7) is 3.94. The molecule has 0 fully saturated rings. The van der Waals surface area contributed by atoms with Gasteiger partial charge in [-0.25, -0.2) is 15.0 Å². The average molecular weight is 401 g/mol. The monoisotopic (exact) mass is 401 g/mol. The Morgan fingerprint density at radius 3 is 1.40 bits per heavy atom. The fourth-order valence-corrected chi connectivity index (χ4v) is 3.27. The molecule has 0 bridgehead atoms. The van der Waals surface area contributed by atoms with Crippen LogP contribution >= 0.6 is 0 Å². The predicted octanol–water partition coefficient (Wildman–Crippen LogP) is 4.31. The molecule has 7 heteroatoms. The zero-order valence-electron chi connectivity index (χ0n) is 16.3. The molecule has 0 aliphatic heterocycles. The first-order valence-electron chi connectivity index (χ1n) is 9.19. The number of nitrogens with zero attached hydrogens (tertiary/aromatic N) is 3. The van der Waals surface area contributed by atoms with Crippen molar-refractivity contribution in [3.8, 4) is 57.2 Å². The predicted molar refractivity (Wildman–Crippen MR) is 112 cm³/mol. The van der Waals surface area contributed by atoms with Crippen LogP contribution in [0.2, 0.25) is 0 Å². The molecular formula is C23H19N3O4. The van der Waals surface area contributed by atoms with Crippen LogP contribution in [-0.4, -0.2) is 35.4 Å². The number of aryl methyl sites for hydroxylation is 2. The van der Waals surface area contributed by atoms with E-state index in [1.54, 1.807) is 0 Å². The van der Waals surface area contributed by atoms with Gasteiger partial charge in [-0.05, 0) is 50.2 Å². The normalized spacial score (nSPS) is 10.9. The van der Waals surface area contributed by atoms with E-state index in [0.29, 0.717) is 17.0 Å². The summed E-state index contributed by atoms with van der Waals surface area (Å²) < 4.78 is 0. The molecule has 0 saturated heterocycles. The van der Waals surface area contributed by atoms with Crippen LogP contribution in [-0.2, 0) is 0 Å². The standard InChI is InChI=1S/C23H19N3O4/c1-12-7-13(2)9-14(8-12)21-24-22(17-5-3-15(27)10-19(17)29)26-23(25-21)18-6-4-16(28)11-20(18)30/h3-11,27-30H,1-2H3. The molecule has 7 nitrogen and oxygen atoms in total. The summed E-state index contributed by atoms with van der Waals surface area (Å²) in [7, 11) is 0. The highest BCUT2D eigenvalue weighted by molar-refractivity contribution is 5.73. The lowest BCUT2D eigenvalue weighted by Crippen LogP contribution is -2.01. The fraction of sp³-hybridized carbons (Fsp3) is 0.0870. The highest BCUT2D eigenvalue weighted by Gasteiger charge is 2.17. The van der Waals surface area contributed by atoms with Gasteiger partial charge in [-0.1, -0.05) is 17.2 Å². The molecule has 0 saturated carbocycles. The molecule has 0 amide bonds. The molecule has 1 heterocycles. The van der Waals surface area contributed by atoms with Gasteiger partial charge >= 0.3 is 0 Å². The molecule has 0 spiro atoms. The molecule has 0 aliphatic carbocycles. The second-order valence-corrected chi connectivity index (χ2v) is 7.09. The van der Waals surface area contributed by atoms with Crippen molar-refractivity contribution in [2.45, 2.75) is 13.8 Å². The minimum atomic E-state index is -0.187. The third-order valence-electron chi connectivity index (χ3n) is 4.56. The van der Waals surface area contributed by atoms with Crippen LogP contribution in [0.3, 0.4) is 0 Å². The molecule has 0 atom stereocenters. The molecule has 30 heavy (non-hydrogen) atoms. The summed E-state index contributed by atoms with van der Waals surface area (Å²) in [5, 5.41) is 39.8. The number of hydrogen-bond acceptors (Lipinski definition) is 7. The lowest BCUT2D eigenvalue weighted by molar-refractivity contribution is 0.451. The van der Waals surface area contributed by atoms with Crippen molar-refractivity contribution in [3.63, 3.8) is 0 Å². The number of benzene rings is 3. The van der Waals surface area contributed by atoms with E-state index in [0.717, 1.165) is 16.7 Å². The van der Waals surface area contributed by atoms with Crippen LogP contribution in [0, 0.1) is 13.8 Å². The zero-order valence-corrected chi connectivity index (χ0v) is 16.3. The minimum absolute atomic E-state index is 0.0868. The Labute approximate surface area is 172 Å². The Morgan fingerprint density at radius 1 is 0.533 bits per heavy atom. The Hall–Kier alpha value is -4.13. The van der Waals surface area contributed by atoms with E-state index >= 15 is 0 Å². The van der Waals surface area contributed by atoms with Crippen molar-refractivity contribution in [1.29, 1.82) is 0 Å². The Bertz CT molecular complexity index is 1180. The molecule has 1 aromatic heterocycles. The van der Waals surface area contributed by atoms with E-state index in [9.17, 15) is 20.4 Å². The van der Waals surface area contributed by atoms with Gasteiger partial charge in [-0.3, -0.25) is 0 Å². The second-order valence-electron chi connectivity index (χ2n) is 7.09. The average Bonchev–Trinajstić information content (AvgIpc) is 2.67. The molecular weight excluding hydrogens is 382 g/mol. The molecule has 4 aromatic rings. The Balaban J connectivity index is 1.98. The van der Waals surface area contributed by atoms with Crippen LogP contribution in [0.1, 0.15) is 11.1 Å². The maximum absolute atomic E-state index is 10.3. The van der Waals surface area contributed by atoms with Gasteiger partial charge in [0, 0.05) is 17.7 Å². The summed E-state index contributed by atoms with van der Waals surface area (Å²) >= 11 is 0. The summed E-state index contributed by atoms with van der Waals surface area (Å²) in [5.41, 5.74) is 3.44. The highest BCUT2D eigenvalue weighted by atomic mass is 16.3. The Kier molecular flexibility index (Phi) is 4.71.